The van der Waals surface area contributed by atoms with Gasteiger partial charge in [-0.25, -0.2) is 0 Å². The van der Waals surface area contributed by atoms with E-state index >= 15 is 0 Å². The molecule has 0 spiro atoms. The first-order chi connectivity index (χ1) is 4.61. The quantitative estimate of drug-likeness (QED) is 0.559. The second-order valence-corrected chi connectivity index (χ2v) is 2.91. The summed E-state index contributed by atoms with van der Waals surface area (Å²) < 4.78 is 28.9. The van der Waals surface area contributed by atoms with Crippen molar-refractivity contribution in [1.29, 1.82) is 0 Å². The Morgan fingerprint density at radius 3 is 2.36 bits per heavy atom. The Kier molecular flexibility index (Phi) is 3.84. The average Bonchev–Trinajstić information content (AvgIpc) is 1.88. The van der Waals surface area contributed by atoms with E-state index in [0.717, 1.165) is 6.07 Å². The van der Waals surface area contributed by atoms with Gasteiger partial charge in [0.25, 0.3) is 0 Å². The zero-order valence-corrected chi connectivity index (χ0v) is 7.40. The van der Waals surface area contributed by atoms with Crippen LogP contribution in [0, 0.1) is 0 Å². The maximum atomic E-state index is 10.3. The summed E-state index contributed by atoms with van der Waals surface area (Å²) in [7, 11) is -4.18. The van der Waals surface area contributed by atoms with Gasteiger partial charge in [-0.15, -0.1) is 5.10 Å². The molecule has 1 aromatic heterocycles. The molecule has 0 saturated carbocycles. The normalized spacial score (nSPS) is 10.3. The maximum Gasteiger partial charge on any atom is 0.314 e. The van der Waals surface area contributed by atoms with E-state index < -0.39 is 15.1 Å². The van der Waals surface area contributed by atoms with E-state index in [-0.39, 0.29) is 22.4 Å². The van der Waals surface area contributed by atoms with Crippen molar-refractivity contribution in [2.24, 2.45) is 0 Å². The van der Waals surface area contributed by atoms with Crippen LogP contribution in [-0.4, -0.2) is 23.2 Å². The van der Waals surface area contributed by atoms with Gasteiger partial charge in [0.15, 0.2) is 0 Å². The van der Waals surface area contributed by atoms with Crippen LogP contribution >= 0.6 is 0 Å². The van der Waals surface area contributed by atoms with E-state index in [4.69, 9.17) is 4.55 Å². The molecule has 0 atom stereocenters. The molecular formula is C4H4AgN2O3S. The number of rotatable bonds is 1. The second kappa shape index (κ2) is 3.93. The van der Waals surface area contributed by atoms with Crippen LogP contribution in [0.4, 0.5) is 0 Å². The van der Waals surface area contributed by atoms with Crippen LogP contribution in [0.15, 0.2) is 23.4 Å². The molecule has 0 amide bonds. The van der Waals surface area contributed by atoms with Crippen molar-refractivity contribution in [3.05, 3.63) is 18.3 Å². The van der Waals surface area contributed by atoms with E-state index in [9.17, 15) is 8.42 Å². The molecule has 11 heavy (non-hydrogen) atoms. The first-order valence-corrected chi connectivity index (χ1v) is 3.80. The number of aromatic nitrogens is 2. The van der Waals surface area contributed by atoms with Gasteiger partial charge in [0.05, 0.1) is 0 Å². The summed E-state index contributed by atoms with van der Waals surface area (Å²) in [6.45, 7) is 0. The van der Waals surface area contributed by atoms with Gasteiger partial charge < -0.3 is 0 Å². The molecule has 1 heterocycles. The summed E-state index contributed by atoms with van der Waals surface area (Å²) in [5.74, 6) is 0. The zero-order valence-electron chi connectivity index (χ0n) is 5.10. The van der Waals surface area contributed by atoms with Gasteiger partial charge in [-0.2, -0.15) is 13.5 Å². The summed E-state index contributed by atoms with van der Waals surface area (Å²) >= 11 is 0. The Morgan fingerprint density at radius 1 is 1.45 bits per heavy atom. The Balaban J connectivity index is 0.000001000. The van der Waals surface area contributed by atoms with Gasteiger partial charge in [0.2, 0.25) is 5.03 Å². The monoisotopic (exact) mass is 267 g/mol. The van der Waals surface area contributed by atoms with Crippen LogP contribution in [0.2, 0.25) is 0 Å². The van der Waals surface area contributed by atoms with Crippen LogP contribution in [0.25, 0.3) is 0 Å². The van der Waals surface area contributed by atoms with Gasteiger partial charge in [-0.3, -0.25) is 4.55 Å². The molecule has 65 valence electrons. The molecule has 0 fully saturated rings. The Bertz CT molecular complexity index is 311. The van der Waals surface area contributed by atoms with Crippen LogP contribution in [-0.2, 0) is 32.5 Å². The van der Waals surface area contributed by atoms with E-state index in [1.807, 2.05) is 0 Å². The largest absolute Gasteiger partial charge is 0.314 e. The van der Waals surface area contributed by atoms with E-state index in [1.165, 1.54) is 12.3 Å². The summed E-state index contributed by atoms with van der Waals surface area (Å²) in [5, 5.41) is 5.99. The molecule has 0 saturated heterocycles. The number of nitrogens with zero attached hydrogens (tertiary/aromatic N) is 2. The van der Waals surface area contributed by atoms with E-state index in [1.54, 1.807) is 0 Å². The third-order valence-electron chi connectivity index (χ3n) is 0.812. The molecule has 0 aliphatic rings. The molecule has 0 unspecified atom stereocenters. The number of hydrogen-bond donors (Lipinski definition) is 1. The van der Waals surface area contributed by atoms with Crippen LogP contribution < -0.4 is 0 Å². The first kappa shape index (κ1) is 10.7. The Hall–Kier alpha value is -0.270. The third kappa shape index (κ3) is 3.08. The Labute approximate surface area is 79.1 Å². The van der Waals surface area contributed by atoms with Gasteiger partial charge in [-0.1, -0.05) is 0 Å². The average molecular weight is 268 g/mol. The van der Waals surface area contributed by atoms with Crippen molar-refractivity contribution >= 4 is 10.1 Å². The summed E-state index contributed by atoms with van der Waals surface area (Å²) in [4.78, 5) is 0. The van der Waals surface area contributed by atoms with Gasteiger partial charge in [-0.05, 0) is 12.1 Å². The van der Waals surface area contributed by atoms with Crippen molar-refractivity contribution < 1.29 is 35.4 Å². The van der Waals surface area contributed by atoms with Crippen LogP contribution in [0.1, 0.15) is 0 Å². The second-order valence-electron chi connectivity index (χ2n) is 1.54. The molecule has 5 nitrogen and oxygen atoms in total. The fraction of sp³-hybridized carbons (Fsp3) is 0. The van der Waals surface area contributed by atoms with Crippen molar-refractivity contribution in [1.82, 2.24) is 10.2 Å². The molecule has 7 heteroatoms. The minimum Gasteiger partial charge on any atom is -0.281 e. The minimum atomic E-state index is -4.18. The molecule has 0 aromatic carbocycles. The van der Waals surface area contributed by atoms with E-state index in [2.05, 4.69) is 10.2 Å². The van der Waals surface area contributed by atoms with E-state index in [0.29, 0.717) is 0 Å². The summed E-state index contributed by atoms with van der Waals surface area (Å²) in [6, 6.07) is 2.53. The first-order valence-electron chi connectivity index (χ1n) is 2.36. The standard InChI is InChI=1S/C4H4N2O3S.Ag/c7-10(8,9)4-2-1-3-5-6-4;/h1-3H,(H,7,8,9);. The predicted octanol–water partition coefficient (Wildman–Crippen LogP) is -0.279. The topological polar surface area (TPSA) is 80.2 Å². The van der Waals surface area contributed by atoms with Crippen molar-refractivity contribution in [2.45, 2.75) is 5.03 Å². The molecule has 1 radical (unpaired) electrons. The molecule has 1 N–H and O–H groups in total. The summed E-state index contributed by atoms with van der Waals surface area (Å²) in [5.41, 5.74) is 0. The third-order valence-corrected chi connectivity index (χ3v) is 1.56. The molecule has 0 aliphatic carbocycles. The molecule has 0 bridgehead atoms. The number of hydrogen-bond acceptors (Lipinski definition) is 4. The maximum absolute atomic E-state index is 10.3. The zero-order chi connectivity index (χ0) is 7.61. The smallest absolute Gasteiger partial charge is 0.281 e. The molecule has 0 aliphatic heterocycles. The van der Waals surface area contributed by atoms with Crippen molar-refractivity contribution in [3.8, 4) is 0 Å². The van der Waals surface area contributed by atoms with Crippen LogP contribution in [0.3, 0.4) is 0 Å². The fourth-order valence-electron chi connectivity index (χ4n) is 0.425. The van der Waals surface area contributed by atoms with Gasteiger partial charge in [0, 0.05) is 28.6 Å². The Morgan fingerprint density at radius 2 is 2.09 bits per heavy atom. The SMILES string of the molecule is O=S(=O)(O)c1cccnn1.[Ag]. The molecular weight excluding hydrogens is 264 g/mol. The van der Waals surface area contributed by atoms with Crippen molar-refractivity contribution in [3.63, 3.8) is 0 Å². The van der Waals surface area contributed by atoms with Gasteiger partial charge in [0.1, 0.15) is 0 Å². The van der Waals surface area contributed by atoms with Crippen molar-refractivity contribution in [2.75, 3.05) is 0 Å². The molecule has 1 rings (SSSR count). The molecule has 1 aromatic rings. The van der Waals surface area contributed by atoms with Crippen LogP contribution in [0.5, 0.6) is 0 Å². The fourth-order valence-corrected chi connectivity index (χ4v) is 0.826. The predicted molar refractivity (Wildman–Crippen MR) is 31.8 cm³/mol. The summed E-state index contributed by atoms with van der Waals surface area (Å²) in [6.07, 6.45) is 1.31. The minimum absolute atomic E-state index is 0. The van der Waals surface area contributed by atoms with Gasteiger partial charge >= 0.3 is 10.1 Å².